The Morgan fingerprint density at radius 2 is 2.28 bits per heavy atom. The Bertz CT molecular complexity index is 451. The van der Waals surface area contributed by atoms with Crippen molar-refractivity contribution < 1.29 is 4.79 Å². The normalized spacial score (nSPS) is 11.7. The van der Waals surface area contributed by atoms with Gasteiger partial charge in [0.25, 0.3) is 0 Å². The molecule has 0 aromatic heterocycles. The Morgan fingerprint density at radius 3 is 2.89 bits per heavy atom. The smallest absolute Gasteiger partial charge is 0.239 e. The molecule has 4 heteroatoms. The molecule has 18 heavy (non-hydrogen) atoms. The molecule has 0 saturated heterocycles. The second-order valence-corrected chi connectivity index (χ2v) is 4.40. The topological polar surface area (TPSA) is 70.1 Å². The number of nitrogens with two attached hydrogens (primary N) is 1. The molecule has 0 fully saturated rings. The third-order valence-electron chi connectivity index (χ3n) is 2.77. The Hall–Kier alpha value is -1.86. The molecule has 0 heterocycles. The lowest BCUT2D eigenvalue weighted by molar-refractivity contribution is -0.131. The van der Waals surface area contributed by atoms with E-state index in [1.165, 1.54) is 0 Å². The lowest BCUT2D eigenvalue weighted by Gasteiger charge is -2.21. The van der Waals surface area contributed by atoms with Gasteiger partial charge in [0, 0.05) is 13.6 Å². The average Bonchev–Trinajstić information content (AvgIpc) is 2.38. The number of nitriles is 1. The maximum atomic E-state index is 11.9. The van der Waals surface area contributed by atoms with Gasteiger partial charge in [0.2, 0.25) is 5.91 Å². The molecule has 0 radical (unpaired) electrons. The van der Waals surface area contributed by atoms with Crippen molar-refractivity contribution in [2.24, 2.45) is 5.73 Å². The van der Waals surface area contributed by atoms with Crippen molar-refractivity contribution in [3.63, 3.8) is 0 Å². The summed E-state index contributed by atoms with van der Waals surface area (Å²) in [4.78, 5) is 13.5. The van der Waals surface area contributed by atoms with Crippen molar-refractivity contribution in [1.29, 1.82) is 5.26 Å². The molecule has 96 valence electrons. The summed E-state index contributed by atoms with van der Waals surface area (Å²) < 4.78 is 0. The van der Waals surface area contributed by atoms with E-state index in [9.17, 15) is 4.79 Å². The summed E-state index contributed by atoms with van der Waals surface area (Å²) in [6.45, 7) is 2.48. The fraction of sp³-hybridized carbons (Fsp3) is 0.429. The number of nitrogens with zero attached hydrogens (tertiary/aromatic N) is 2. The monoisotopic (exact) mass is 245 g/mol. The van der Waals surface area contributed by atoms with Crippen molar-refractivity contribution in [2.45, 2.75) is 32.4 Å². The molecule has 0 aliphatic carbocycles. The second-order valence-electron chi connectivity index (χ2n) is 4.40. The number of carbonyl (C=O) groups excluding carboxylic acids is 1. The van der Waals surface area contributed by atoms with Gasteiger partial charge in [-0.05, 0) is 24.1 Å². The first-order valence-corrected chi connectivity index (χ1v) is 6.08. The largest absolute Gasteiger partial charge is 0.340 e. The summed E-state index contributed by atoms with van der Waals surface area (Å²) in [5.41, 5.74) is 7.34. The molecule has 0 spiro atoms. The predicted octanol–water partition coefficient (Wildman–Crippen LogP) is 1.64. The van der Waals surface area contributed by atoms with Crippen LogP contribution in [-0.4, -0.2) is 23.9 Å². The van der Waals surface area contributed by atoms with E-state index in [2.05, 4.69) is 6.07 Å². The molecule has 0 aliphatic rings. The number of benzene rings is 1. The summed E-state index contributed by atoms with van der Waals surface area (Å²) in [7, 11) is 1.73. The van der Waals surface area contributed by atoms with E-state index in [0.717, 1.165) is 12.0 Å². The third kappa shape index (κ3) is 3.86. The Balaban J connectivity index is 2.66. The fourth-order valence-electron chi connectivity index (χ4n) is 1.81. The zero-order chi connectivity index (χ0) is 13.5. The van der Waals surface area contributed by atoms with E-state index in [1.807, 2.05) is 19.1 Å². The summed E-state index contributed by atoms with van der Waals surface area (Å²) >= 11 is 0. The minimum Gasteiger partial charge on any atom is -0.340 e. The Kier molecular flexibility index (Phi) is 5.34. The zero-order valence-electron chi connectivity index (χ0n) is 10.9. The molecule has 0 bridgehead atoms. The van der Waals surface area contributed by atoms with Gasteiger partial charge in [-0.2, -0.15) is 5.26 Å². The number of likely N-dealkylation sites (N-methyl/N-ethyl adjacent to an activating group) is 1. The van der Waals surface area contributed by atoms with Crippen LogP contribution in [0.5, 0.6) is 0 Å². The molecule has 1 amide bonds. The Labute approximate surface area is 108 Å². The van der Waals surface area contributed by atoms with Crippen molar-refractivity contribution in [1.82, 2.24) is 4.90 Å². The highest BCUT2D eigenvalue weighted by atomic mass is 16.2. The van der Waals surface area contributed by atoms with Crippen LogP contribution in [0, 0.1) is 11.3 Å². The van der Waals surface area contributed by atoms with Crippen LogP contribution in [0.3, 0.4) is 0 Å². The van der Waals surface area contributed by atoms with Gasteiger partial charge in [-0.1, -0.05) is 25.5 Å². The van der Waals surface area contributed by atoms with Crippen LogP contribution in [0.2, 0.25) is 0 Å². The molecule has 1 unspecified atom stereocenters. The molecule has 0 aliphatic heterocycles. The average molecular weight is 245 g/mol. The van der Waals surface area contributed by atoms with Gasteiger partial charge in [0.1, 0.15) is 0 Å². The van der Waals surface area contributed by atoms with E-state index in [-0.39, 0.29) is 5.91 Å². The lowest BCUT2D eigenvalue weighted by atomic mass is 10.1. The van der Waals surface area contributed by atoms with Gasteiger partial charge < -0.3 is 10.6 Å². The summed E-state index contributed by atoms with van der Waals surface area (Å²) in [6, 6.07) is 8.90. The van der Waals surface area contributed by atoms with Gasteiger partial charge in [-0.3, -0.25) is 4.79 Å². The Morgan fingerprint density at radius 1 is 1.56 bits per heavy atom. The van der Waals surface area contributed by atoms with Gasteiger partial charge >= 0.3 is 0 Å². The number of amides is 1. The maximum absolute atomic E-state index is 11.9. The van der Waals surface area contributed by atoms with Crippen LogP contribution in [-0.2, 0) is 11.3 Å². The van der Waals surface area contributed by atoms with Crippen molar-refractivity contribution in [3.05, 3.63) is 35.4 Å². The molecular formula is C14H19N3O. The zero-order valence-corrected chi connectivity index (χ0v) is 10.9. The standard InChI is InChI=1S/C14H19N3O/c1-3-5-13(16)14(18)17(2)10-12-7-4-6-11(8-12)9-15/h4,6-8,13H,3,5,10,16H2,1-2H3. The molecule has 1 rings (SSSR count). The van der Waals surface area contributed by atoms with Crippen LogP contribution in [0.1, 0.15) is 30.9 Å². The number of rotatable bonds is 5. The van der Waals surface area contributed by atoms with Gasteiger partial charge in [0.15, 0.2) is 0 Å². The summed E-state index contributed by atoms with van der Waals surface area (Å²) in [5.74, 6) is -0.0563. The number of carbonyl (C=O) groups is 1. The van der Waals surface area contributed by atoms with Crippen LogP contribution in [0.4, 0.5) is 0 Å². The minimum absolute atomic E-state index is 0.0563. The van der Waals surface area contributed by atoms with E-state index in [0.29, 0.717) is 18.5 Å². The molecular weight excluding hydrogens is 226 g/mol. The number of hydrogen-bond donors (Lipinski definition) is 1. The van der Waals surface area contributed by atoms with Crippen LogP contribution >= 0.6 is 0 Å². The van der Waals surface area contributed by atoms with Crippen molar-refractivity contribution in [3.8, 4) is 6.07 Å². The molecule has 1 atom stereocenters. The van der Waals surface area contributed by atoms with Crippen LogP contribution in [0.25, 0.3) is 0 Å². The molecule has 1 aromatic rings. The van der Waals surface area contributed by atoms with Crippen LogP contribution < -0.4 is 5.73 Å². The minimum atomic E-state index is -0.431. The fourth-order valence-corrected chi connectivity index (χ4v) is 1.81. The van der Waals surface area contributed by atoms with Gasteiger partial charge in [-0.25, -0.2) is 0 Å². The highest BCUT2D eigenvalue weighted by Gasteiger charge is 2.17. The van der Waals surface area contributed by atoms with E-state index in [4.69, 9.17) is 11.0 Å². The molecule has 0 saturated carbocycles. The SMILES string of the molecule is CCCC(N)C(=O)N(C)Cc1cccc(C#N)c1. The summed E-state index contributed by atoms with van der Waals surface area (Å²) in [5, 5.41) is 8.81. The first kappa shape index (κ1) is 14.2. The third-order valence-corrected chi connectivity index (χ3v) is 2.77. The first-order valence-electron chi connectivity index (χ1n) is 6.08. The highest BCUT2D eigenvalue weighted by Crippen LogP contribution is 2.08. The second kappa shape index (κ2) is 6.77. The molecule has 2 N–H and O–H groups in total. The quantitative estimate of drug-likeness (QED) is 0.857. The lowest BCUT2D eigenvalue weighted by Crippen LogP contribution is -2.41. The van der Waals surface area contributed by atoms with E-state index >= 15 is 0 Å². The number of hydrogen-bond acceptors (Lipinski definition) is 3. The van der Waals surface area contributed by atoms with Gasteiger partial charge in [0.05, 0.1) is 17.7 Å². The summed E-state index contributed by atoms with van der Waals surface area (Å²) in [6.07, 6.45) is 1.59. The molecule has 1 aromatic carbocycles. The van der Waals surface area contributed by atoms with Gasteiger partial charge in [-0.15, -0.1) is 0 Å². The maximum Gasteiger partial charge on any atom is 0.239 e. The molecule has 4 nitrogen and oxygen atoms in total. The van der Waals surface area contributed by atoms with Crippen molar-refractivity contribution in [2.75, 3.05) is 7.05 Å². The van der Waals surface area contributed by atoms with Crippen molar-refractivity contribution >= 4 is 5.91 Å². The highest BCUT2D eigenvalue weighted by molar-refractivity contribution is 5.81. The first-order chi connectivity index (χ1) is 8.58. The predicted molar refractivity (Wildman–Crippen MR) is 70.5 cm³/mol. The van der Waals surface area contributed by atoms with Crippen LogP contribution in [0.15, 0.2) is 24.3 Å². The van der Waals surface area contributed by atoms with E-state index in [1.54, 1.807) is 24.1 Å². The van der Waals surface area contributed by atoms with E-state index < -0.39 is 6.04 Å².